The van der Waals surface area contributed by atoms with Gasteiger partial charge in [-0.1, -0.05) is 103 Å². The summed E-state index contributed by atoms with van der Waals surface area (Å²) in [7, 11) is 0. The van der Waals surface area contributed by atoms with Crippen LogP contribution in [0.5, 0.6) is 0 Å². The Kier molecular flexibility index (Phi) is 21.5. The van der Waals surface area contributed by atoms with Gasteiger partial charge >= 0.3 is 26.2 Å². The first kappa shape index (κ1) is 36.1. The van der Waals surface area contributed by atoms with Crippen molar-refractivity contribution in [2.75, 3.05) is 0 Å². The van der Waals surface area contributed by atoms with Crippen molar-refractivity contribution in [3.05, 3.63) is 83.9 Å². The Morgan fingerprint density at radius 1 is 0.486 bits per heavy atom. The minimum absolute atomic E-state index is 0. The zero-order valence-electron chi connectivity index (χ0n) is 23.1. The van der Waals surface area contributed by atoms with Crippen molar-refractivity contribution in [3.63, 3.8) is 0 Å². The molecule has 0 aliphatic rings. The number of fused-ring (bicyclic) bond motifs is 2. The van der Waals surface area contributed by atoms with Crippen LogP contribution in [0.2, 0.25) is 0 Å². The number of hydrogen-bond acceptors (Lipinski definition) is 0. The summed E-state index contributed by atoms with van der Waals surface area (Å²) in [4.78, 5) is 0. The minimum Gasteiger partial charge on any atom is -1.00 e. The summed E-state index contributed by atoms with van der Waals surface area (Å²) >= 11 is 0. The van der Waals surface area contributed by atoms with Crippen LogP contribution in [0.1, 0.15) is 102 Å². The monoisotopic (exact) mass is 614 g/mol. The Morgan fingerprint density at radius 3 is 1.22 bits per heavy atom. The molecule has 0 aromatic heterocycles. The van der Waals surface area contributed by atoms with E-state index in [-0.39, 0.29) is 51.0 Å². The first-order valence-corrected chi connectivity index (χ1v) is 14.1. The van der Waals surface area contributed by atoms with Gasteiger partial charge in [-0.25, -0.2) is 0 Å². The van der Waals surface area contributed by atoms with Gasteiger partial charge in [0.15, 0.2) is 0 Å². The fraction of sp³-hybridized carbons (Fsp3) is 0.471. The van der Waals surface area contributed by atoms with Gasteiger partial charge in [0, 0.05) is 0 Å². The van der Waals surface area contributed by atoms with Crippen LogP contribution >= 0.6 is 0 Å². The molecule has 0 unspecified atom stereocenters. The van der Waals surface area contributed by atoms with Crippen molar-refractivity contribution in [3.8, 4) is 0 Å². The molecule has 0 amide bonds. The van der Waals surface area contributed by atoms with Crippen LogP contribution < -0.4 is 24.8 Å². The van der Waals surface area contributed by atoms with E-state index in [1.807, 2.05) is 0 Å². The molecule has 0 N–H and O–H groups in total. The van der Waals surface area contributed by atoms with Crippen molar-refractivity contribution in [2.45, 2.75) is 104 Å². The summed E-state index contributed by atoms with van der Waals surface area (Å²) in [5, 5.41) is 5.59. The number of hydrogen-bond donors (Lipinski definition) is 0. The van der Waals surface area contributed by atoms with Crippen molar-refractivity contribution < 1.29 is 51.0 Å². The summed E-state index contributed by atoms with van der Waals surface area (Å²) in [6, 6.07) is 26.7. The van der Waals surface area contributed by atoms with Crippen molar-refractivity contribution in [2.24, 2.45) is 0 Å². The second kappa shape index (κ2) is 22.0. The third-order valence-corrected chi connectivity index (χ3v) is 6.99. The van der Waals surface area contributed by atoms with Crippen LogP contribution in [-0.4, -0.2) is 0 Å². The molecule has 0 heterocycles. The Hall–Kier alpha value is -0.877. The molecule has 4 rings (SSSR count). The van der Waals surface area contributed by atoms with E-state index in [2.05, 4.69) is 86.6 Å². The van der Waals surface area contributed by atoms with Gasteiger partial charge in [-0.15, -0.1) is 81.2 Å². The zero-order valence-corrected chi connectivity index (χ0v) is 27.1. The number of rotatable bonds is 14. The molecule has 0 radical (unpaired) electrons. The minimum atomic E-state index is 0. The summed E-state index contributed by atoms with van der Waals surface area (Å²) < 4.78 is 0. The molecular formula is C34H46Cl2Zr. The van der Waals surface area contributed by atoms with Crippen molar-refractivity contribution in [1.82, 2.24) is 0 Å². The van der Waals surface area contributed by atoms with Crippen LogP contribution in [0.3, 0.4) is 0 Å². The van der Waals surface area contributed by atoms with E-state index in [0.717, 1.165) is 0 Å². The summed E-state index contributed by atoms with van der Waals surface area (Å²) in [5.41, 5.74) is 3.03. The van der Waals surface area contributed by atoms with E-state index in [1.165, 1.54) is 123 Å². The van der Waals surface area contributed by atoms with Gasteiger partial charge in [0.1, 0.15) is 0 Å². The number of benzene rings is 2. The van der Waals surface area contributed by atoms with Crippen LogP contribution in [-0.2, 0) is 39.0 Å². The van der Waals surface area contributed by atoms with Gasteiger partial charge in [-0.05, 0) is 12.8 Å². The molecule has 0 aliphatic heterocycles. The smallest absolute Gasteiger partial charge is 1.00 e. The van der Waals surface area contributed by atoms with E-state index in [4.69, 9.17) is 0 Å². The van der Waals surface area contributed by atoms with Gasteiger partial charge in [0.25, 0.3) is 0 Å². The SMILES string of the molecule is CCCCCCCCc1cc2ccccc2[cH-]1.CCCCCCCCc1cc2ccccc2[cH-]1.[Cl-].[Cl-].[Zr+4]. The molecule has 200 valence electrons. The van der Waals surface area contributed by atoms with Gasteiger partial charge in [0.2, 0.25) is 0 Å². The molecule has 0 fully saturated rings. The fourth-order valence-corrected chi connectivity index (χ4v) is 4.94. The molecular weight excluding hydrogens is 571 g/mol. The molecule has 0 aliphatic carbocycles. The first-order valence-electron chi connectivity index (χ1n) is 14.1. The molecule has 0 atom stereocenters. The molecule has 3 heteroatoms. The second-order valence-electron chi connectivity index (χ2n) is 10.0. The van der Waals surface area contributed by atoms with Gasteiger partial charge < -0.3 is 24.8 Å². The van der Waals surface area contributed by atoms with Crippen LogP contribution in [0.4, 0.5) is 0 Å². The third kappa shape index (κ3) is 13.7. The van der Waals surface area contributed by atoms with E-state index >= 15 is 0 Å². The Bertz CT molecular complexity index is 910. The van der Waals surface area contributed by atoms with E-state index < -0.39 is 0 Å². The first-order chi connectivity index (χ1) is 16.8. The van der Waals surface area contributed by atoms with Gasteiger partial charge in [0.05, 0.1) is 0 Å². The quantitative estimate of drug-likeness (QED) is 0.139. The Labute approximate surface area is 258 Å². The largest absolute Gasteiger partial charge is 4.00 e. The molecule has 0 saturated carbocycles. The number of halogens is 2. The number of unbranched alkanes of at least 4 members (excludes halogenated alkanes) is 10. The maximum atomic E-state index is 2.35. The summed E-state index contributed by atoms with van der Waals surface area (Å²) in [6.45, 7) is 4.55. The van der Waals surface area contributed by atoms with E-state index in [0.29, 0.717) is 0 Å². The third-order valence-electron chi connectivity index (χ3n) is 6.99. The maximum absolute atomic E-state index is 2.35. The zero-order chi connectivity index (χ0) is 23.8. The normalized spacial score (nSPS) is 10.2. The standard InChI is InChI=1S/2C17H23.2ClH.Zr/c2*1-2-3-4-5-6-7-10-15-13-16-11-8-9-12-17(16)14-15;;;/h2*8-9,11-14H,2-7,10H2,1H3;2*1H;/q2*-1;;;+4/p-2. The predicted octanol–water partition coefficient (Wildman–Crippen LogP) is 4.93. The van der Waals surface area contributed by atoms with Gasteiger partial charge in [-0.2, -0.15) is 12.1 Å². The summed E-state index contributed by atoms with van der Waals surface area (Å²) in [6.07, 6.45) is 19.1. The molecule has 4 aromatic carbocycles. The predicted molar refractivity (Wildman–Crippen MR) is 153 cm³/mol. The van der Waals surface area contributed by atoms with Crippen molar-refractivity contribution in [1.29, 1.82) is 0 Å². The van der Waals surface area contributed by atoms with E-state index in [9.17, 15) is 0 Å². The number of aryl methyl sites for hydroxylation is 2. The van der Waals surface area contributed by atoms with Crippen LogP contribution in [0.15, 0.2) is 72.8 Å². The maximum Gasteiger partial charge on any atom is 4.00 e. The molecule has 37 heavy (non-hydrogen) atoms. The average molecular weight is 617 g/mol. The molecule has 0 bridgehead atoms. The fourth-order valence-electron chi connectivity index (χ4n) is 4.94. The van der Waals surface area contributed by atoms with Crippen LogP contribution in [0.25, 0.3) is 21.5 Å². The van der Waals surface area contributed by atoms with Crippen molar-refractivity contribution >= 4 is 21.5 Å². The second-order valence-corrected chi connectivity index (χ2v) is 10.0. The average Bonchev–Trinajstić information content (AvgIpc) is 3.47. The molecule has 0 nitrogen and oxygen atoms in total. The Balaban J connectivity index is 0.000000648. The molecule has 0 saturated heterocycles. The summed E-state index contributed by atoms with van der Waals surface area (Å²) in [5.74, 6) is 0. The topological polar surface area (TPSA) is 0 Å². The van der Waals surface area contributed by atoms with E-state index in [1.54, 1.807) is 0 Å². The van der Waals surface area contributed by atoms with Gasteiger partial charge in [-0.3, -0.25) is 0 Å². The molecule has 0 spiro atoms. The van der Waals surface area contributed by atoms with Crippen LogP contribution in [0, 0.1) is 0 Å². The Morgan fingerprint density at radius 2 is 0.838 bits per heavy atom. The molecule has 4 aromatic rings.